The molecule has 0 aliphatic carbocycles. The van der Waals surface area contributed by atoms with Gasteiger partial charge in [0.25, 0.3) is 5.56 Å². The van der Waals surface area contributed by atoms with Crippen LogP contribution in [0.15, 0.2) is 57.5 Å². The molecular formula is C26H24N2O6S. The van der Waals surface area contributed by atoms with Crippen LogP contribution in [0.1, 0.15) is 36.6 Å². The summed E-state index contributed by atoms with van der Waals surface area (Å²) in [6, 6.07) is 10.5. The first-order chi connectivity index (χ1) is 16.9. The lowest BCUT2D eigenvalue weighted by atomic mass is 9.95. The normalized spacial score (nSPS) is 16.7. The van der Waals surface area contributed by atoms with Crippen molar-refractivity contribution < 1.29 is 23.7 Å². The topological polar surface area (TPSA) is 88.4 Å². The van der Waals surface area contributed by atoms with Crippen LogP contribution in [0.25, 0.3) is 6.08 Å². The van der Waals surface area contributed by atoms with Crippen LogP contribution in [0.4, 0.5) is 0 Å². The lowest BCUT2D eigenvalue weighted by molar-refractivity contribution is -0.139. The molecule has 2 aromatic carbocycles. The molecule has 0 N–H and O–H groups in total. The number of esters is 1. The molecule has 0 saturated carbocycles. The van der Waals surface area contributed by atoms with Crippen molar-refractivity contribution in [2.45, 2.75) is 26.8 Å². The van der Waals surface area contributed by atoms with Crippen LogP contribution in [0.5, 0.6) is 17.2 Å². The lowest BCUT2D eigenvalue weighted by Crippen LogP contribution is -2.39. The van der Waals surface area contributed by atoms with Gasteiger partial charge in [-0.3, -0.25) is 9.36 Å². The second-order valence-corrected chi connectivity index (χ2v) is 9.15. The zero-order valence-electron chi connectivity index (χ0n) is 19.8. The SMILES string of the molecule is CCOC(=O)C1=C(C)N=c2s/c(=C/c3ccc(C)c(OC)c3)c(=O)n2[C@H]1c1ccc2c(c1)OCO2. The molecule has 0 saturated heterocycles. The van der Waals surface area contributed by atoms with Crippen LogP contribution in [0, 0.1) is 6.92 Å². The Morgan fingerprint density at radius 3 is 2.77 bits per heavy atom. The van der Waals surface area contributed by atoms with Gasteiger partial charge in [-0.05, 0) is 61.7 Å². The molecule has 0 amide bonds. The van der Waals surface area contributed by atoms with Crippen molar-refractivity contribution in [3.05, 3.63) is 84.0 Å². The minimum atomic E-state index is -0.713. The van der Waals surface area contributed by atoms with E-state index in [4.69, 9.17) is 18.9 Å². The van der Waals surface area contributed by atoms with E-state index < -0.39 is 12.0 Å². The first kappa shape index (κ1) is 22.9. The summed E-state index contributed by atoms with van der Waals surface area (Å²) in [6.45, 7) is 5.80. The predicted octanol–water partition coefficient (Wildman–Crippen LogP) is 2.84. The third-order valence-electron chi connectivity index (χ3n) is 5.96. The van der Waals surface area contributed by atoms with Crippen molar-refractivity contribution in [2.24, 2.45) is 4.99 Å². The minimum absolute atomic E-state index is 0.126. The number of rotatable bonds is 5. The van der Waals surface area contributed by atoms with E-state index >= 15 is 0 Å². The van der Waals surface area contributed by atoms with E-state index in [2.05, 4.69) is 4.99 Å². The zero-order chi connectivity index (χ0) is 24.7. The molecule has 0 fully saturated rings. The number of thiazole rings is 1. The predicted molar refractivity (Wildman–Crippen MR) is 131 cm³/mol. The Morgan fingerprint density at radius 1 is 1.20 bits per heavy atom. The highest BCUT2D eigenvalue weighted by molar-refractivity contribution is 7.07. The van der Waals surface area contributed by atoms with Gasteiger partial charge < -0.3 is 18.9 Å². The van der Waals surface area contributed by atoms with Gasteiger partial charge in [0.15, 0.2) is 16.3 Å². The van der Waals surface area contributed by atoms with Crippen molar-refractivity contribution in [1.29, 1.82) is 0 Å². The Balaban J connectivity index is 1.71. The van der Waals surface area contributed by atoms with Crippen molar-refractivity contribution in [2.75, 3.05) is 20.5 Å². The molecule has 1 atom stereocenters. The molecule has 9 heteroatoms. The number of hydrogen-bond acceptors (Lipinski definition) is 8. The van der Waals surface area contributed by atoms with Crippen LogP contribution in [0.2, 0.25) is 0 Å². The molecule has 5 rings (SSSR count). The Kier molecular flexibility index (Phi) is 5.94. The molecule has 8 nitrogen and oxygen atoms in total. The molecule has 0 spiro atoms. The van der Waals surface area contributed by atoms with Crippen LogP contribution in [-0.4, -0.2) is 31.0 Å². The first-order valence-corrected chi connectivity index (χ1v) is 12.0. The van der Waals surface area contributed by atoms with Gasteiger partial charge in [0.05, 0.1) is 35.6 Å². The van der Waals surface area contributed by atoms with Crippen LogP contribution in [0.3, 0.4) is 0 Å². The third kappa shape index (κ3) is 4.01. The summed E-state index contributed by atoms with van der Waals surface area (Å²) in [5.41, 5.74) is 3.13. The van der Waals surface area contributed by atoms with Crippen molar-refractivity contribution >= 4 is 23.4 Å². The number of allylic oxidation sites excluding steroid dienone is 1. The van der Waals surface area contributed by atoms with Gasteiger partial charge in [0, 0.05) is 0 Å². The van der Waals surface area contributed by atoms with Gasteiger partial charge in [-0.2, -0.15) is 0 Å². The highest BCUT2D eigenvalue weighted by Gasteiger charge is 2.34. The number of fused-ring (bicyclic) bond motifs is 2. The molecule has 2 aliphatic heterocycles. The van der Waals surface area contributed by atoms with Crippen molar-refractivity contribution in [1.82, 2.24) is 4.57 Å². The second-order valence-electron chi connectivity index (χ2n) is 8.14. The molecule has 2 aliphatic rings. The van der Waals surface area contributed by atoms with Crippen LogP contribution >= 0.6 is 11.3 Å². The standard InChI is InChI=1S/C26H24N2O6S/c1-5-32-25(30)22-15(3)27-26-28(23(22)17-8-9-18-20(12-17)34-13-33-18)24(29)21(35-26)11-16-7-6-14(2)19(10-16)31-4/h6-12,23H,5,13H2,1-4H3/b21-11+/t23-/m0/s1. The molecular weight excluding hydrogens is 468 g/mol. The molecule has 1 aromatic heterocycles. The number of ether oxygens (including phenoxy) is 4. The largest absolute Gasteiger partial charge is 0.496 e. The number of aryl methyl sites for hydroxylation is 1. The van der Waals surface area contributed by atoms with Gasteiger partial charge >= 0.3 is 5.97 Å². The number of benzene rings is 2. The lowest BCUT2D eigenvalue weighted by Gasteiger charge is -2.24. The third-order valence-corrected chi connectivity index (χ3v) is 6.94. The first-order valence-electron chi connectivity index (χ1n) is 11.1. The Bertz CT molecular complexity index is 1550. The van der Waals surface area contributed by atoms with Crippen molar-refractivity contribution in [3.8, 4) is 17.2 Å². The molecule has 0 bridgehead atoms. The maximum absolute atomic E-state index is 13.7. The van der Waals surface area contributed by atoms with Crippen molar-refractivity contribution in [3.63, 3.8) is 0 Å². The Morgan fingerprint density at radius 2 is 2.00 bits per heavy atom. The van der Waals surface area contributed by atoms with E-state index in [1.54, 1.807) is 37.7 Å². The van der Waals surface area contributed by atoms with E-state index in [-0.39, 0.29) is 19.0 Å². The Labute approximate surface area is 205 Å². The van der Waals surface area contributed by atoms with Crippen LogP contribution < -0.4 is 29.1 Å². The van der Waals surface area contributed by atoms with Gasteiger partial charge in [-0.1, -0.05) is 29.5 Å². The summed E-state index contributed by atoms with van der Waals surface area (Å²) in [7, 11) is 1.62. The number of methoxy groups -OCH3 is 1. The number of aromatic nitrogens is 1. The summed E-state index contributed by atoms with van der Waals surface area (Å²) in [5, 5.41) is 0. The van der Waals surface area contributed by atoms with E-state index in [9.17, 15) is 9.59 Å². The summed E-state index contributed by atoms with van der Waals surface area (Å²) >= 11 is 1.27. The van der Waals surface area contributed by atoms with E-state index in [1.807, 2.05) is 37.3 Å². The number of carbonyl (C=O) groups excluding carboxylic acids is 1. The minimum Gasteiger partial charge on any atom is -0.496 e. The fourth-order valence-corrected chi connectivity index (χ4v) is 5.31. The number of carbonyl (C=O) groups is 1. The van der Waals surface area contributed by atoms with Gasteiger partial charge in [-0.25, -0.2) is 9.79 Å². The molecule has 3 aromatic rings. The average Bonchev–Trinajstić information content (AvgIpc) is 3.43. The number of hydrogen-bond donors (Lipinski definition) is 0. The van der Waals surface area contributed by atoms with E-state index in [0.717, 1.165) is 16.9 Å². The van der Waals surface area contributed by atoms with Gasteiger partial charge in [0.1, 0.15) is 5.75 Å². The van der Waals surface area contributed by atoms with E-state index in [0.29, 0.717) is 37.7 Å². The quantitative estimate of drug-likeness (QED) is 0.509. The summed E-state index contributed by atoms with van der Waals surface area (Å²) in [4.78, 5) is 31.8. The maximum atomic E-state index is 13.7. The second kappa shape index (κ2) is 9.07. The molecule has 180 valence electrons. The van der Waals surface area contributed by atoms with E-state index in [1.165, 1.54) is 11.3 Å². The fraction of sp³-hybridized carbons (Fsp3) is 0.269. The average molecular weight is 493 g/mol. The van der Waals surface area contributed by atoms with Gasteiger partial charge in [-0.15, -0.1) is 0 Å². The highest BCUT2D eigenvalue weighted by atomic mass is 32.1. The fourth-order valence-electron chi connectivity index (χ4n) is 4.27. The molecule has 3 heterocycles. The summed E-state index contributed by atoms with van der Waals surface area (Å²) < 4.78 is 23.8. The Hall–Kier alpha value is -3.85. The summed E-state index contributed by atoms with van der Waals surface area (Å²) in [5.74, 6) is 1.42. The molecule has 0 radical (unpaired) electrons. The highest BCUT2D eigenvalue weighted by Crippen LogP contribution is 2.38. The maximum Gasteiger partial charge on any atom is 0.338 e. The molecule has 35 heavy (non-hydrogen) atoms. The molecule has 0 unspecified atom stereocenters. The van der Waals surface area contributed by atoms with Gasteiger partial charge in [0.2, 0.25) is 6.79 Å². The summed E-state index contributed by atoms with van der Waals surface area (Å²) in [6.07, 6.45) is 1.81. The zero-order valence-corrected chi connectivity index (χ0v) is 20.6. The van der Waals surface area contributed by atoms with Crippen LogP contribution in [-0.2, 0) is 9.53 Å². The number of nitrogens with zero attached hydrogens (tertiary/aromatic N) is 2. The monoisotopic (exact) mass is 492 g/mol. The smallest absolute Gasteiger partial charge is 0.338 e.